The number of carbonyl (C=O) groups is 2. The molecule has 156 valence electrons. The highest BCUT2D eigenvalue weighted by Gasteiger charge is 2.31. The highest BCUT2D eigenvalue weighted by Crippen LogP contribution is 2.30. The number of hydrogen-bond donors (Lipinski definition) is 2. The van der Waals surface area contributed by atoms with Crippen molar-refractivity contribution in [2.24, 2.45) is 0 Å². The van der Waals surface area contributed by atoms with Crippen LogP contribution in [-0.2, 0) is 12.4 Å². The topological polar surface area (TPSA) is 58.2 Å². The van der Waals surface area contributed by atoms with Gasteiger partial charge in [0.15, 0.2) is 0 Å². The molecule has 0 saturated carbocycles. The number of benzene rings is 2. The van der Waals surface area contributed by atoms with Gasteiger partial charge in [-0.2, -0.15) is 26.3 Å². The lowest BCUT2D eigenvalue weighted by Crippen LogP contribution is -2.41. The van der Waals surface area contributed by atoms with E-state index in [4.69, 9.17) is 0 Å². The van der Waals surface area contributed by atoms with E-state index in [9.17, 15) is 35.9 Å². The second-order valence-corrected chi connectivity index (χ2v) is 6.24. The highest BCUT2D eigenvalue weighted by molar-refractivity contribution is 5.95. The summed E-state index contributed by atoms with van der Waals surface area (Å²) in [7, 11) is 0. The average Bonchev–Trinajstić information content (AvgIpc) is 2.65. The second-order valence-electron chi connectivity index (χ2n) is 6.24. The summed E-state index contributed by atoms with van der Waals surface area (Å²) in [6.45, 7) is 1.34. The molecule has 2 N–H and O–H groups in total. The van der Waals surface area contributed by atoms with Crippen molar-refractivity contribution >= 4 is 11.8 Å². The van der Waals surface area contributed by atoms with Crippen molar-refractivity contribution in [3.05, 3.63) is 70.8 Å². The van der Waals surface area contributed by atoms with Crippen LogP contribution in [0.2, 0.25) is 0 Å². The Morgan fingerprint density at radius 2 is 1.28 bits per heavy atom. The number of amides is 2. The third-order valence-electron chi connectivity index (χ3n) is 3.85. The number of hydrogen-bond acceptors (Lipinski definition) is 2. The summed E-state index contributed by atoms with van der Waals surface area (Å²) in [4.78, 5) is 24.1. The average molecular weight is 418 g/mol. The molecule has 0 bridgehead atoms. The summed E-state index contributed by atoms with van der Waals surface area (Å²) in [6.07, 6.45) is -9.19. The van der Waals surface area contributed by atoms with Crippen LogP contribution in [0.3, 0.4) is 0 Å². The summed E-state index contributed by atoms with van der Waals surface area (Å²) in [5.41, 5.74) is -2.38. The predicted molar refractivity (Wildman–Crippen MR) is 92.1 cm³/mol. The lowest BCUT2D eigenvalue weighted by Gasteiger charge is -2.16. The van der Waals surface area contributed by atoms with E-state index < -0.39 is 41.3 Å². The molecular weight excluding hydrogens is 402 g/mol. The fraction of sp³-hybridized carbons (Fsp3) is 0.263. The molecule has 0 aliphatic heterocycles. The fourth-order valence-electron chi connectivity index (χ4n) is 2.38. The lowest BCUT2D eigenvalue weighted by atomic mass is 10.1. The first-order valence-electron chi connectivity index (χ1n) is 8.31. The van der Waals surface area contributed by atoms with Gasteiger partial charge in [-0.3, -0.25) is 9.59 Å². The monoisotopic (exact) mass is 418 g/mol. The van der Waals surface area contributed by atoms with E-state index in [1.54, 1.807) is 0 Å². The van der Waals surface area contributed by atoms with Crippen molar-refractivity contribution in [1.82, 2.24) is 10.6 Å². The minimum Gasteiger partial charge on any atom is -0.350 e. The Morgan fingerprint density at radius 3 is 1.72 bits per heavy atom. The maximum absolute atomic E-state index is 12.7. The van der Waals surface area contributed by atoms with Crippen LogP contribution in [-0.4, -0.2) is 24.4 Å². The molecule has 2 aromatic rings. The molecule has 2 aromatic carbocycles. The minimum absolute atomic E-state index is 0.139. The molecule has 1 atom stereocenters. The highest BCUT2D eigenvalue weighted by atomic mass is 19.4. The summed E-state index contributed by atoms with van der Waals surface area (Å²) in [6, 6.07) is 6.96. The Hall–Kier alpha value is -3.04. The molecule has 0 radical (unpaired) electrons. The smallest absolute Gasteiger partial charge is 0.350 e. The normalized spacial score (nSPS) is 12.9. The van der Waals surface area contributed by atoms with Crippen LogP contribution in [0.5, 0.6) is 0 Å². The van der Waals surface area contributed by atoms with Gasteiger partial charge >= 0.3 is 12.4 Å². The molecule has 0 aromatic heterocycles. The van der Waals surface area contributed by atoms with Gasteiger partial charge in [0.1, 0.15) is 0 Å². The summed E-state index contributed by atoms with van der Waals surface area (Å²) in [5, 5.41) is 4.79. The van der Waals surface area contributed by atoms with Gasteiger partial charge in [-0.25, -0.2) is 0 Å². The van der Waals surface area contributed by atoms with Crippen LogP contribution in [0.4, 0.5) is 26.3 Å². The number of rotatable bonds is 5. The van der Waals surface area contributed by atoms with Crippen molar-refractivity contribution in [2.45, 2.75) is 25.3 Å². The molecule has 0 spiro atoms. The van der Waals surface area contributed by atoms with Crippen LogP contribution >= 0.6 is 0 Å². The Morgan fingerprint density at radius 1 is 0.828 bits per heavy atom. The Kier molecular flexibility index (Phi) is 6.55. The van der Waals surface area contributed by atoms with Gasteiger partial charge in [-0.05, 0) is 43.3 Å². The molecule has 29 heavy (non-hydrogen) atoms. The van der Waals surface area contributed by atoms with Crippen LogP contribution in [0.1, 0.15) is 38.8 Å². The molecule has 10 heteroatoms. The molecule has 0 heterocycles. The van der Waals surface area contributed by atoms with E-state index in [1.165, 1.54) is 19.1 Å². The molecule has 4 nitrogen and oxygen atoms in total. The Bertz CT molecular complexity index is 893. The first kappa shape index (κ1) is 22.3. The van der Waals surface area contributed by atoms with Crippen LogP contribution < -0.4 is 10.6 Å². The molecule has 0 aliphatic rings. The molecule has 0 saturated heterocycles. The van der Waals surface area contributed by atoms with E-state index >= 15 is 0 Å². The van der Waals surface area contributed by atoms with Gasteiger partial charge in [0.2, 0.25) is 0 Å². The fourth-order valence-corrected chi connectivity index (χ4v) is 2.38. The van der Waals surface area contributed by atoms with Gasteiger partial charge in [0, 0.05) is 23.7 Å². The molecular formula is C19H16F6N2O2. The quantitative estimate of drug-likeness (QED) is 0.713. The maximum atomic E-state index is 12.7. The van der Waals surface area contributed by atoms with Crippen molar-refractivity contribution < 1.29 is 35.9 Å². The van der Waals surface area contributed by atoms with Crippen LogP contribution in [0.15, 0.2) is 48.5 Å². The first-order chi connectivity index (χ1) is 13.4. The number of halogens is 6. The second kappa shape index (κ2) is 8.54. The summed E-state index contributed by atoms with van der Waals surface area (Å²) >= 11 is 0. The lowest BCUT2D eigenvalue weighted by molar-refractivity contribution is -0.138. The van der Waals surface area contributed by atoms with Gasteiger partial charge in [-0.1, -0.05) is 12.1 Å². The largest absolute Gasteiger partial charge is 0.416 e. The summed E-state index contributed by atoms with van der Waals surface area (Å²) in [5.74, 6) is -1.56. The maximum Gasteiger partial charge on any atom is 0.416 e. The molecule has 0 aliphatic carbocycles. The van der Waals surface area contributed by atoms with Gasteiger partial charge < -0.3 is 10.6 Å². The molecule has 2 amide bonds. The van der Waals surface area contributed by atoms with Crippen molar-refractivity contribution in [1.29, 1.82) is 0 Å². The molecule has 0 fully saturated rings. The minimum atomic E-state index is -4.60. The van der Waals surface area contributed by atoms with Gasteiger partial charge in [0.05, 0.1) is 11.1 Å². The van der Waals surface area contributed by atoms with Gasteiger partial charge in [0.25, 0.3) is 11.8 Å². The van der Waals surface area contributed by atoms with Crippen LogP contribution in [0.25, 0.3) is 0 Å². The van der Waals surface area contributed by atoms with Crippen molar-refractivity contribution in [3.8, 4) is 0 Å². The third kappa shape index (κ3) is 6.23. The van der Waals surface area contributed by atoms with E-state index in [0.717, 1.165) is 24.3 Å². The molecule has 0 unspecified atom stereocenters. The number of carbonyl (C=O) groups excluding carboxylic acids is 2. The van der Waals surface area contributed by atoms with E-state index in [1.807, 2.05) is 0 Å². The van der Waals surface area contributed by atoms with Crippen LogP contribution in [0, 0.1) is 0 Å². The zero-order valence-corrected chi connectivity index (χ0v) is 15.0. The summed E-state index contributed by atoms with van der Waals surface area (Å²) < 4.78 is 76.3. The standard InChI is InChI=1S/C19H16F6N2O2/c1-11(27-17(29)13-5-3-7-15(9-13)19(23,24)25)10-26-16(28)12-4-2-6-14(8-12)18(20,21)22/h2-9,11H,10H2,1H3,(H,26,28)(H,27,29)/t11-/m1/s1. The Labute approximate surface area is 161 Å². The number of nitrogens with one attached hydrogen (secondary N) is 2. The zero-order valence-electron chi connectivity index (χ0n) is 15.0. The Balaban J connectivity index is 1.95. The third-order valence-corrected chi connectivity index (χ3v) is 3.85. The number of alkyl halides is 6. The van der Waals surface area contributed by atoms with Crippen molar-refractivity contribution in [2.75, 3.05) is 6.54 Å². The van der Waals surface area contributed by atoms with E-state index in [0.29, 0.717) is 12.1 Å². The van der Waals surface area contributed by atoms with E-state index in [2.05, 4.69) is 10.6 Å². The predicted octanol–water partition coefficient (Wildman–Crippen LogP) is 4.27. The van der Waals surface area contributed by atoms with Crippen molar-refractivity contribution in [3.63, 3.8) is 0 Å². The SMILES string of the molecule is C[C@H](CNC(=O)c1cccc(C(F)(F)F)c1)NC(=O)c1cccc(C(F)(F)F)c1. The first-order valence-corrected chi connectivity index (χ1v) is 8.31. The van der Waals surface area contributed by atoms with E-state index in [-0.39, 0.29) is 17.7 Å². The molecule has 2 rings (SSSR count). The zero-order chi connectivity index (χ0) is 21.8. The van der Waals surface area contributed by atoms with Gasteiger partial charge in [-0.15, -0.1) is 0 Å².